The molecule has 2 atom stereocenters. The molecule has 1 aliphatic rings. The Hall–Kier alpha value is -0.883. The normalized spacial score (nSPS) is 25.0. The summed E-state index contributed by atoms with van der Waals surface area (Å²) in [6.07, 6.45) is 0.434. The molecule has 0 aromatic rings. The predicted octanol–water partition coefficient (Wildman–Crippen LogP) is 3.53. The van der Waals surface area contributed by atoms with Crippen LogP contribution in [0, 0.1) is 11.3 Å². The van der Waals surface area contributed by atoms with Crippen molar-refractivity contribution in [2.75, 3.05) is 13.7 Å². The van der Waals surface area contributed by atoms with Crippen molar-refractivity contribution in [3.05, 3.63) is 0 Å². The highest BCUT2D eigenvalue weighted by atomic mass is 28.4. The van der Waals surface area contributed by atoms with Gasteiger partial charge in [0.1, 0.15) is 11.0 Å². The Kier molecular flexibility index (Phi) is 5.44. The number of hydrogen-bond acceptors (Lipinski definition) is 5. The zero-order chi connectivity index (χ0) is 18.3. The Balaban J connectivity index is 2.92. The summed E-state index contributed by atoms with van der Waals surface area (Å²) in [5.41, 5.74) is -1.49. The van der Waals surface area contributed by atoms with E-state index in [1.54, 1.807) is 0 Å². The molecule has 0 saturated heterocycles. The van der Waals surface area contributed by atoms with Crippen LogP contribution in [0.15, 0.2) is 0 Å². The molecule has 1 fully saturated rings. The number of rotatable bonds is 5. The molecule has 1 rings (SSSR count). The van der Waals surface area contributed by atoms with Gasteiger partial charge in [-0.1, -0.05) is 20.8 Å². The first-order valence-corrected chi connectivity index (χ1v) is 11.0. The van der Waals surface area contributed by atoms with Gasteiger partial charge in [-0.15, -0.1) is 0 Å². The molecule has 23 heavy (non-hydrogen) atoms. The second kappa shape index (κ2) is 6.20. The van der Waals surface area contributed by atoms with Crippen LogP contribution >= 0.6 is 0 Å². The Morgan fingerprint density at radius 2 is 1.65 bits per heavy atom. The minimum atomic E-state index is -2.01. The van der Waals surface area contributed by atoms with E-state index >= 15 is 0 Å². The van der Waals surface area contributed by atoms with Crippen molar-refractivity contribution in [1.29, 1.82) is 0 Å². The summed E-state index contributed by atoms with van der Waals surface area (Å²) in [4.78, 5) is 24.6. The second-order valence-electron chi connectivity index (χ2n) is 8.99. The van der Waals surface area contributed by atoms with Gasteiger partial charge in [0, 0.05) is 0 Å². The largest absolute Gasteiger partial charge is 0.469 e. The highest BCUT2D eigenvalue weighted by Gasteiger charge is 2.66. The van der Waals surface area contributed by atoms with E-state index in [0.717, 1.165) is 0 Å². The maximum atomic E-state index is 12.6. The van der Waals surface area contributed by atoms with E-state index in [2.05, 4.69) is 33.9 Å². The van der Waals surface area contributed by atoms with Crippen molar-refractivity contribution in [3.8, 4) is 0 Å². The van der Waals surface area contributed by atoms with Crippen LogP contribution in [0.5, 0.6) is 0 Å². The van der Waals surface area contributed by atoms with Crippen molar-refractivity contribution in [1.82, 2.24) is 0 Å². The molecule has 0 bridgehead atoms. The van der Waals surface area contributed by atoms with E-state index in [9.17, 15) is 9.59 Å². The topological polar surface area (TPSA) is 61.8 Å². The maximum absolute atomic E-state index is 12.6. The van der Waals surface area contributed by atoms with Gasteiger partial charge in [-0.25, -0.2) is 0 Å². The van der Waals surface area contributed by atoms with Crippen LogP contribution in [0.25, 0.3) is 0 Å². The average molecular weight is 345 g/mol. The van der Waals surface area contributed by atoms with E-state index < -0.39 is 25.3 Å². The minimum absolute atomic E-state index is 0.0395. The third kappa shape index (κ3) is 4.56. The van der Waals surface area contributed by atoms with Crippen LogP contribution in [-0.4, -0.2) is 39.6 Å². The molecule has 0 unspecified atom stereocenters. The van der Waals surface area contributed by atoms with Gasteiger partial charge in [-0.3, -0.25) is 9.59 Å². The fraction of sp³-hybridized carbons (Fsp3) is 0.882. The van der Waals surface area contributed by atoms with Crippen LogP contribution in [0.2, 0.25) is 18.1 Å². The maximum Gasteiger partial charge on any atom is 0.315 e. The number of ether oxygens (including phenoxy) is 2. The van der Waals surface area contributed by atoms with Crippen LogP contribution in [0.3, 0.4) is 0 Å². The highest BCUT2D eigenvalue weighted by Crippen LogP contribution is 2.55. The number of carbonyl (C=O) groups excluding carboxylic acids is 2. The first kappa shape index (κ1) is 20.2. The molecule has 0 aromatic heterocycles. The Morgan fingerprint density at radius 3 is 2.04 bits per heavy atom. The summed E-state index contributed by atoms with van der Waals surface area (Å²) in [7, 11) is -0.671. The molecular formula is C17H32O5Si. The van der Waals surface area contributed by atoms with Gasteiger partial charge in [0.2, 0.25) is 0 Å². The quantitative estimate of drug-likeness (QED) is 0.564. The molecule has 0 aliphatic heterocycles. The van der Waals surface area contributed by atoms with Gasteiger partial charge in [-0.05, 0) is 45.3 Å². The van der Waals surface area contributed by atoms with Crippen molar-refractivity contribution >= 4 is 20.3 Å². The molecule has 0 aromatic carbocycles. The smallest absolute Gasteiger partial charge is 0.315 e. The highest BCUT2D eigenvalue weighted by molar-refractivity contribution is 6.74. The predicted molar refractivity (Wildman–Crippen MR) is 91.6 cm³/mol. The van der Waals surface area contributed by atoms with Gasteiger partial charge in [0.15, 0.2) is 8.32 Å². The second-order valence-corrected chi connectivity index (χ2v) is 13.8. The minimum Gasteiger partial charge on any atom is -0.469 e. The van der Waals surface area contributed by atoms with E-state index in [-0.39, 0.29) is 23.6 Å². The Morgan fingerprint density at radius 1 is 1.13 bits per heavy atom. The van der Waals surface area contributed by atoms with Gasteiger partial charge in [0.05, 0.1) is 19.6 Å². The lowest BCUT2D eigenvalue weighted by molar-refractivity contribution is -0.166. The van der Waals surface area contributed by atoms with Crippen molar-refractivity contribution in [2.24, 2.45) is 11.3 Å². The molecule has 0 radical (unpaired) electrons. The van der Waals surface area contributed by atoms with Crippen molar-refractivity contribution < 1.29 is 23.5 Å². The summed E-state index contributed by atoms with van der Waals surface area (Å²) < 4.78 is 16.6. The lowest BCUT2D eigenvalue weighted by Gasteiger charge is -2.37. The van der Waals surface area contributed by atoms with Crippen LogP contribution in [0.1, 0.15) is 48.0 Å². The Labute approximate surface area is 141 Å². The summed E-state index contributed by atoms with van der Waals surface area (Å²) >= 11 is 0. The monoisotopic (exact) mass is 344 g/mol. The molecular weight excluding hydrogens is 312 g/mol. The molecule has 134 valence electrons. The zero-order valence-corrected chi connectivity index (χ0v) is 17.0. The summed E-state index contributed by atoms with van der Waals surface area (Å²) in [6.45, 7) is 16.4. The molecule has 0 amide bonds. The number of esters is 2. The third-order valence-electron chi connectivity index (χ3n) is 4.86. The lowest BCUT2D eigenvalue weighted by Crippen LogP contribution is -2.44. The van der Waals surface area contributed by atoms with E-state index in [4.69, 9.17) is 13.9 Å². The van der Waals surface area contributed by atoms with Crippen molar-refractivity contribution in [2.45, 2.75) is 71.7 Å². The number of carbonyl (C=O) groups is 2. The van der Waals surface area contributed by atoms with Crippen LogP contribution in [0.4, 0.5) is 0 Å². The average Bonchev–Trinajstić information content (AvgIpc) is 3.08. The summed E-state index contributed by atoms with van der Waals surface area (Å²) in [5.74, 6) is -1.19. The fourth-order valence-corrected chi connectivity index (χ4v) is 3.16. The summed E-state index contributed by atoms with van der Waals surface area (Å²) in [6, 6.07) is 0. The van der Waals surface area contributed by atoms with Gasteiger partial charge >= 0.3 is 11.9 Å². The fourth-order valence-electron chi connectivity index (χ4n) is 2.11. The first-order valence-electron chi connectivity index (χ1n) is 8.11. The molecule has 6 heteroatoms. The van der Waals surface area contributed by atoms with E-state index in [1.165, 1.54) is 7.11 Å². The lowest BCUT2D eigenvalue weighted by atomic mass is 10.0. The van der Waals surface area contributed by atoms with Crippen LogP contribution < -0.4 is 0 Å². The molecule has 0 spiro atoms. The van der Waals surface area contributed by atoms with E-state index in [1.807, 2.05) is 20.8 Å². The SMILES string of the molecule is COC(=O)[C@H]1C[C@@]1(CO[Si](C)(C)C(C)(C)C)C(=O)OC(C)(C)C. The van der Waals surface area contributed by atoms with E-state index in [0.29, 0.717) is 6.42 Å². The standard InChI is InChI=1S/C17H32O5Si/c1-15(2,3)22-14(19)17(10-12(17)13(18)20-7)11-21-23(8,9)16(4,5)6/h12H,10-11H2,1-9H3/t12-,17+/m1/s1. The zero-order valence-electron chi connectivity index (χ0n) is 16.0. The van der Waals surface area contributed by atoms with Crippen molar-refractivity contribution in [3.63, 3.8) is 0 Å². The molecule has 5 nitrogen and oxygen atoms in total. The molecule has 0 N–H and O–H groups in total. The third-order valence-corrected chi connectivity index (χ3v) is 9.34. The Bertz CT molecular complexity index is 472. The van der Waals surface area contributed by atoms with Crippen LogP contribution in [-0.2, 0) is 23.5 Å². The number of methoxy groups -OCH3 is 1. The molecule has 0 heterocycles. The molecule has 1 saturated carbocycles. The number of hydrogen-bond donors (Lipinski definition) is 0. The van der Waals surface area contributed by atoms with Gasteiger partial charge < -0.3 is 13.9 Å². The van der Waals surface area contributed by atoms with Gasteiger partial charge in [-0.2, -0.15) is 0 Å². The van der Waals surface area contributed by atoms with Gasteiger partial charge in [0.25, 0.3) is 0 Å². The molecule has 1 aliphatic carbocycles. The first-order chi connectivity index (χ1) is 10.2. The summed E-state index contributed by atoms with van der Waals surface area (Å²) in [5, 5.41) is 0.0395.